The van der Waals surface area contributed by atoms with E-state index in [1.807, 2.05) is 30.3 Å². The predicted octanol–water partition coefficient (Wildman–Crippen LogP) is 5.14. The molecule has 2 fully saturated rings. The van der Waals surface area contributed by atoms with Crippen molar-refractivity contribution in [2.24, 2.45) is 5.92 Å². The number of ether oxygens (including phenoxy) is 1. The number of carbonyl (C=O) groups is 1. The van der Waals surface area contributed by atoms with Gasteiger partial charge in [-0.15, -0.1) is 0 Å². The largest absolute Gasteiger partial charge is 0.481 e. The maximum atomic E-state index is 12.6. The van der Waals surface area contributed by atoms with Gasteiger partial charge >= 0.3 is 5.97 Å². The van der Waals surface area contributed by atoms with Gasteiger partial charge in [0.2, 0.25) is 5.88 Å². The molecular weight excluding hydrogens is 388 g/mol. The highest BCUT2D eigenvalue weighted by Gasteiger charge is 2.53. The van der Waals surface area contributed by atoms with Crippen molar-refractivity contribution in [3.8, 4) is 5.88 Å². The van der Waals surface area contributed by atoms with Crippen LogP contribution >= 0.6 is 11.6 Å². The van der Waals surface area contributed by atoms with Crippen LogP contribution in [0.1, 0.15) is 50.0 Å². The maximum absolute atomic E-state index is 12.6. The number of halogens is 1. The van der Waals surface area contributed by atoms with E-state index in [-0.39, 0.29) is 5.92 Å². The number of hydrogen-bond acceptors (Lipinski definition) is 4. The van der Waals surface area contributed by atoms with Gasteiger partial charge in [0.05, 0.1) is 7.11 Å². The van der Waals surface area contributed by atoms with Crippen LogP contribution in [0.3, 0.4) is 0 Å². The molecule has 1 atom stereocenters. The van der Waals surface area contributed by atoms with Crippen LogP contribution in [0.15, 0.2) is 42.6 Å². The van der Waals surface area contributed by atoms with Crippen molar-refractivity contribution in [2.75, 3.05) is 18.6 Å². The molecule has 2 heterocycles. The molecule has 2 aliphatic rings. The number of benzene rings is 1. The number of aliphatic carboxylic acids is 1. The first-order valence-corrected chi connectivity index (χ1v) is 10.7. The molecule has 5 nitrogen and oxygen atoms in total. The van der Waals surface area contributed by atoms with Crippen molar-refractivity contribution >= 4 is 23.3 Å². The number of methoxy groups -OCH3 is 1. The predicted molar refractivity (Wildman–Crippen MR) is 114 cm³/mol. The van der Waals surface area contributed by atoms with Gasteiger partial charge in [-0.05, 0) is 86.3 Å². The van der Waals surface area contributed by atoms with E-state index in [1.165, 1.54) is 5.56 Å². The van der Waals surface area contributed by atoms with E-state index in [9.17, 15) is 9.90 Å². The summed E-state index contributed by atoms with van der Waals surface area (Å²) in [6, 6.07) is 11.6. The zero-order valence-corrected chi connectivity index (χ0v) is 17.4. The Morgan fingerprint density at radius 3 is 2.59 bits per heavy atom. The zero-order valence-electron chi connectivity index (χ0n) is 16.7. The van der Waals surface area contributed by atoms with E-state index in [2.05, 4.69) is 16.0 Å². The molecule has 29 heavy (non-hydrogen) atoms. The molecule has 6 heteroatoms. The van der Waals surface area contributed by atoms with Gasteiger partial charge in [-0.3, -0.25) is 0 Å². The lowest BCUT2D eigenvalue weighted by Crippen LogP contribution is -2.57. The van der Waals surface area contributed by atoms with Crippen molar-refractivity contribution in [1.29, 1.82) is 0 Å². The average Bonchev–Trinajstić information content (AvgIpc) is 3.21. The molecule has 0 bridgehead atoms. The Morgan fingerprint density at radius 2 is 1.93 bits per heavy atom. The molecule has 1 N–H and O–H groups in total. The molecule has 1 aliphatic carbocycles. The number of carboxylic acid groups (broad SMARTS) is 1. The smallest absolute Gasteiger partial charge is 0.329 e. The molecule has 1 aromatic heterocycles. The Labute approximate surface area is 176 Å². The molecule has 4 rings (SSSR count). The minimum atomic E-state index is -0.825. The summed E-state index contributed by atoms with van der Waals surface area (Å²) in [7, 11) is 1.63. The van der Waals surface area contributed by atoms with Crippen LogP contribution in [-0.4, -0.2) is 35.3 Å². The first-order chi connectivity index (χ1) is 14.0. The molecule has 0 radical (unpaired) electrons. The second-order valence-electron chi connectivity index (χ2n) is 8.14. The van der Waals surface area contributed by atoms with Crippen molar-refractivity contribution in [1.82, 2.24) is 4.98 Å². The second-order valence-corrected chi connectivity index (χ2v) is 8.58. The number of rotatable bonds is 5. The molecule has 1 saturated heterocycles. The third-order valence-corrected chi connectivity index (χ3v) is 7.02. The molecule has 0 spiro atoms. The first kappa shape index (κ1) is 20.0. The number of hydrogen-bond donors (Lipinski definition) is 1. The highest BCUT2D eigenvalue weighted by molar-refractivity contribution is 6.30. The summed E-state index contributed by atoms with van der Waals surface area (Å²) in [5.74, 6) is 0.507. The fourth-order valence-corrected chi connectivity index (χ4v) is 5.46. The maximum Gasteiger partial charge on any atom is 0.329 e. The average molecular weight is 415 g/mol. The van der Waals surface area contributed by atoms with Gasteiger partial charge < -0.3 is 14.7 Å². The van der Waals surface area contributed by atoms with Crippen molar-refractivity contribution < 1.29 is 14.6 Å². The monoisotopic (exact) mass is 414 g/mol. The van der Waals surface area contributed by atoms with Gasteiger partial charge in [0.15, 0.2) is 0 Å². The number of nitrogens with zero attached hydrogens (tertiary/aromatic N) is 2. The minimum Gasteiger partial charge on any atom is -0.481 e. The summed E-state index contributed by atoms with van der Waals surface area (Å²) in [4.78, 5) is 18.9. The summed E-state index contributed by atoms with van der Waals surface area (Å²) in [6.45, 7) is 0.773. The van der Waals surface area contributed by atoms with E-state index < -0.39 is 11.5 Å². The van der Waals surface area contributed by atoms with Gasteiger partial charge in [-0.1, -0.05) is 11.6 Å². The van der Waals surface area contributed by atoms with E-state index >= 15 is 0 Å². The topological polar surface area (TPSA) is 62.7 Å². The highest BCUT2D eigenvalue weighted by atomic mass is 35.5. The SMILES string of the molecule is COc1cc(C2CCC(C3(C(=O)O)CCCN3c3ccc(Cl)cc3)CC2)ccn1. The molecular formula is C23H27ClN2O3. The fraction of sp³-hybridized carbons (Fsp3) is 0.478. The first-order valence-electron chi connectivity index (χ1n) is 10.3. The molecule has 1 unspecified atom stereocenters. The third kappa shape index (κ3) is 3.68. The molecule has 1 aromatic carbocycles. The van der Waals surface area contributed by atoms with Crippen molar-refractivity contribution in [2.45, 2.75) is 50.0 Å². The summed E-state index contributed by atoms with van der Waals surface area (Å²) in [5, 5.41) is 11.0. The lowest BCUT2D eigenvalue weighted by molar-refractivity contribution is -0.146. The van der Waals surface area contributed by atoms with Crippen LogP contribution in [0.5, 0.6) is 5.88 Å². The number of carboxylic acids is 1. The molecule has 154 valence electrons. The molecule has 1 saturated carbocycles. The van der Waals surface area contributed by atoms with Gasteiger partial charge in [0.1, 0.15) is 5.54 Å². The number of aromatic nitrogens is 1. The van der Waals surface area contributed by atoms with Crippen molar-refractivity contribution in [3.63, 3.8) is 0 Å². The third-order valence-electron chi connectivity index (χ3n) is 6.77. The van der Waals surface area contributed by atoms with Crippen LogP contribution in [0.2, 0.25) is 5.02 Å². The van der Waals surface area contributed by atoms with Gasteiger partial charge in [-0.25, -0.2) is 9.78 Å². The molecule has 1 aliphatic heterocycles. The Hall–Kier alpha value is -2.27. The Kier molecular flexibility index (Phi) is 5.68. The molecule has 2 aromatic rings. The lowest BCUT2D eigenvalue weighted by atomic mass is 9.69. The molecule has 0 amide bonds. The van der Waals surface area contributed by atoms with E-state index in [4.69, 9.17) is 16.3 Å². The van der Waals surface area contributed by atoms with Crippen LogP contribution in [0, 0.1) is 5.92 Å². The lowest BCUT2D eigenvalue weighted by Gasteiger charge is -2.45. The Bertz CT molecular complexity index is 865. The summed E-state index contributed by atoms with van der Waals surface area (Å²) in [6.07, 6.45) is 7.18. The highest BCUT2D eigenvalue weighted by Crippen LogP contribution is 2.48. The Balaban J connectivity index is 1.55. The van der Waals surface area contributed by atoms with Gasteiger partial charge in [0.25, 0.3) is 0 Å². The van der Waals surface area contributed by atoms with Gasteiger partial charge in [-0.2, -0.15) is 0 Å². The zero-order chi connectivity index (χ0) is 20.4. The van der Waals surface area contributed by atoms with E-state index in [0.717, 1.165) is 44.3 Å². The summed E-state index contributed by atoms with van der Waals surface area (Å²) in [5.41, 5.74) is 1.37. The second kappa shape index (κ2) is 8.23. The standard InChI is InChI=1S/C23H27ClN2O3/c1-29-21-15-17(11-13-25-21)16-3-5-18(6-4-16)23(22(27)28)12-2-14-26(23)20-9-7-19(24)8-10-20/h7-11,13,15-16,18H,2-6,12,14H2,1H3,(H,27,28). The minimum absolute atomic E-state index is 0.137. The summed E-state index contributed by atoms with van der Waals surface area (Å²) < 4.78 is 5.26. The number of pyridine rings is 1. The summed E-state index contributed by atoms with van der Waals surface area (Å²) >= 11 is 6.05. The van der Waals surface area contributed by atoms with Crippen LogP contribution in [-0.2, 0) is 4.79 Å². The van der Waals surface area contributed by atoms with Crippen molar-refractivity contribution in [3.05, 3.63) is 53.2 Å². The number of anilines is 1. The van der Waals surface area contributed by atoms with Crippen LogP contribution in [0.25, 0.3) is 0 Å². The van der Waals surface area contributed by atoms with E-state index in [0.29, 0.717) is 23.2 Å². The fourth-order valence-electron chi connectivity index (χ4n) is 5.34. The van der Waals surface area contributed by atoms with Crippen LogP contribution in [0.4, 0.5) is 5.69 Å². The normalized spacial score (nSPS) is 27.0. The quantitative estimate of drug-likeness (QED) is 0.733. The Morgan fingerprint density at radius 1 is 1.21 bits per heavy atom. The van der Waals surface area contributed by atoms with E-state index in [1.54, 1.807) is 13.3 Å². The van der Waals surface area contributed by atoms with Gasteiger partial charge in [0, 0.05) is 29.5 Å². The van der Waals surface area contributed by atoms with Crippen LogP contribution < -0.4 is 9.64 Å².